The van der Waals surface area contributed by atoms with Crippen LogP contribution >= 0.6 is 11.6 Å². The SMILES string of the molecule is O=C(Nc1ccc(Cl)cc1)c1nccc2ccccc12. The van der Waals surface area contributed by atoms with Crippen LogP contribution < -0.4 is 5.32 Å². The quantitative estimate of drug-likeness (QED) is 0.767. The Morgan fingerprint density at radius 2 is 1.75 bits per heavy atom. The number of benzene rings is 2. The van der Waals surface area contributed by atoms with E-state index in [1.54, 1.807) is 30.5 Å². The van der Waals surface area contributed by atoms with Crippen molar-refractivity contribution in [3.05, 3.63) is 71.5 Å². The standard InChI is InChI=1S/C16H11ClN2O/c17-12-5-7-13(8-6-12)19-16(20)15-14-4-2-1-3-11(14)9-10-18-15/h1-10H,(H,19,20). The van der Waals surface area contributed by atoms with Crippen molar-refractivity contribution in [2.75, 3.05) is 5.32 Å². The van der Waals surface area contributed by atoms with Gasteiger partial charge in [-0.15, -0.1) is 0 Å². The van der Waals surface area contributed by atoms with Crippen molar-refractivity contribution in [3.8, 4) is 0 Å². The number of hydrogen-bond donors (Lipinski definition) is 1. The molecule has 0 unspecified atom stereocenters. The molecule has 98 valence electrons. The van der Waals surface area contributed by atoms with Crippen LogP contribution in [-0.4, -0.2) is 10.9 Å². The number of nitrogens with one attached hydrogen (secondary N) is 1. The van der Waals surface area contributed by atoms with Gasteiger partial charge in [-0.05, 0) is 35.7 Å². The van der Waals surface area contributed by atoms with Gasteiger partial charge in [0.15, 0.2) is 0 Å². The van der Waals surface area contributed by atoms with Gasteiger partial charge in [-0.2, -0.15) is 0 Å². The highest BCUT2D eigenvalue weighted by Crippen LogP contribution is 2.18. The topological polar surface area (TPSA) is 42.0 Å². The molecule has 3 nitrogen and oxygen atoms in total. The molecule has 1 heterocycles. The van der Waals surface area contributed by atoms with Gasteiger partial charge in [0.25, 0.3) is 5.91 Å². The summed E-state index contributed by atoms with van der Waals surface area (Å²) >= 11 is 5.82. The Bertz CT molecular complexity index is 764. The van der Waals surface area contributed by atoms with Gasteiger partial charge in [-0.1, -0.05) is 35.9 Å². The van der Waals surface area contributed by atoms with Crippen molar-refractivity contribution in [1.29, 1.82) is 0 Å². The van der Waals surface area contributed by atoms with E-state index in [2.05, 4.69) is 10.3 Å². The Kier molecular flexibility index (Phi) is 3.35. The molecule has 0 atom stereocenters. The van der Waals surface area contributed by atoms with Crippen molar-refractivity contribution in [2.45, 2.75) is 0 Å². The molecule has 1 amide bonds. The van der Waals surface area contributed by atoms with E-state index in [0.29, 0.717) is 16.4 Å². The van der Waals surface area contributed by atoms with Crippen molar-refractivity contribution in [1.82, 2.24) is 4.98 Å². The van der Waals surface area contributed by atoms with Gasteiger partial charge in [0.05, 0.1) is 0 Å². The molecular formula is C16H11ClN2O. The van der Waals surface area contributed by atoms with Crippen molar-refractivity contribution in [2.24, 2.45) is 0 Å². The fourth-order valence-electron chi connectivity index (χ4n) is 2.02. The second-order valence-corrected chi connectivity index (χ2v) is 4.78. The first-order chi connectivity index (χ1) is 9.74. The van der Waals surface area contributed by atoms with Crippen LogP contribution in [0, 0.1) is 0 Å². The van der Waals surface area contributed by atoms with E-state index in [1.165, 1.54) is 0 Å². The molecule has 0 fully saturated rings. The van der Waals surface area contributed by atoms with E-state index in [-0.39, 0.29) is 5.91 Å². The zero-order chi connectivity index (χ0) is 13.9. The minimum absolute atomic E-state index is 0.232. The lowest BCUT2D eigenvalue weighted by Gasteiger charge is -2.07. The second kappa shape index (κ2) is 5.31. The average Bonchev–Trinajstić information content (AvgIpc) is 2.49. The lowest BCUT2D eigenvalue weighted by atomic mass is 10.1. The maximum absolute atomic E-state index is 12.3. The molecule has 4 heteroatoms. The third-order valence-electron chi connectivity index (χ3n) is 2.99. The van der Waals surface area contributed by atoms with Crippen LogP contribution in [0.3, 0.4) is 0 Å². The summed E-state index contributed by atoms with van der Waals surface area (Å²) in [5.74, 6) is -0.232. The Balaban J connectivity index is 1.94. The number of aromatic nitrogens is 1. The summed E-state index contributed by atoms with van der Waals surface area (Å²) in [6.07, 6.45) is 1.64. The molecule has 1 N–H and O–H groups in total. The first-order valence-corrected chi connectivity index (χ1v) is 6.52. The predicted molar refractivity (Wildman–Crippen MR) is 81.1 cm³/mol. The summed E-state index contributed by atoms with van der Waals surface area (Å²) in [7, 11) is 0. The summed E-state index contributed by atoms with van der Waals surface area (Å²) in [4.78, 5) is 16.5. The number of halogens is 1. The number of amides is 1. The predicted octanol–water partition coefficient (Wildman–Crippen LogP) is 4.14. The minimum Gasteiger partial charge on any atom is -0.321 e. The van der Waals surface area contributed by atoms with Crippen molar-refractivity contribution < 1.29 is 4.79 Å². The summed E-state index contributed by atoms with van der Waals surface area (Å²) < 4.78 is 0. The normalized spacial score (nSPS) is 10.4. The molecule has 1 aromatic heterocycles. The van der Waals surface area contributed by atoms with Crippen LogP contribution in [0.15, 0.2) is 60.8 Å². The zero-order valence-electron chi connectivity index (χ0n) is 10.5. The minimum atomic E-state index is -0.232. The molecule has 0 aliphatic rings. The summed E-state index contributed by atoms with van der Waals surface area (Å²) in [6, 6.07) is 16.5. The van der Waals surface area contributed by atoms with Crippen LogP contribution in [0.5, 0.6) is 0 Å². The fraction of sp³-hybridized carbons (Fsp3) is 0. The summed E-state index contributed by atoms with van der Waals surface area (Å²) in [6.45, 7) is 0. The average molecular weight is 283 g/mol. The largest absolute Gasteiger partial charge is 0.321 e. The van der Waals surface area contributed by atoms with Gasteiger partial charge in [0, 0.05) is 22.3 Å². The molecule has 3 rings (SSSR count). The van der Waals surface area contributed by atoms with Gasteiger partial charge in [0.2, 0.25) is 0 Å². The number of carbonyl (C=O) groups is 1. The molecule has 0 saturated heterocycles. The summed E-state index contributed by atoms with van der Waals surface area (Å²) in [5.41, 5.74) is 1.10. The zero-order valence-corrected chi connectivity index (χ0v) is 11.3. The number of pyridine rings is 1. The molecule has 0 aliphatic carbocycles. The Morgan fingerprint density at radius 3 is 2.55 bits per heavy atom. The monoisotopic (exact) mass is 282 g/mol. The lowest BCUT2D eigenvalue weighted by molar-refractivity contribution is 0.102. The van der Waals surface area contributed by atoms with Gasteiger partial charge < -0.3 is 5.32 Å². The highest BCUT2D eigenvalue weighted by Gasteiger charge is 2.11. The number of fused-ring (bicyclic) bond motifs is 1. The van der Waals surface area contributed by atoms with Gasteiger partial charge in [-0.25, -0.2) is 0 Å². The van der Waals surface area contributed by atoms with Crippen LogP contribution in [0.2, 0.25) is 5.02 Å². The van der Waals surface area contributed by atoms with E-state index < -0.39 is 0 Å². The van der Waals surface area contributed by atoms with E-state index in [1.807, 2.05) is 30.3 Å². The van der Waals surface area contributed by atoms with E-state index in [9.17, 15) is 4.79 Å². The fourth-order valence-corrected chi connectivity index (χ4v) is 2.15. The van der Waals surface area contributed by atoms with Crippen LogP contribution in [-0.2, 0) is 0 Å². The lowest BCUT2D eigenvalue weighted by Crippen LogP contribution is -2.14. The van der Waals surface area contributed by atoms with Crippen LogP contribution in [0.4, 0.5) is 5.69 Å². The molecule has 0 spiro atoms. The molecule has 0 saturated carbocycles. The third kappa shape index (κ3) is 2.49. The van der Waals surface area contributed by atoms with Crippen LogP contribution in [0.1, 0.15) is 10.5 Å². The first kappa shape index (κ1) is 12.6. The molecule has 2 aromatic carbocycles. The van der Waals surface area contributed by atoms with Gasteiger partial charge in [-0.3, -0.25) is 9.78 Å². The van der Waals surface area contributed by atoms with E-state index in [0.717, 1.165) is 10.8 Å². The van der Waals surface area contributed by atoms with Gasteiger partial charge in [0.1, 0.15) is 5.69 Å². The molecule has 0 aliphatic heterocycles. The van der Waals surface area contributed by atoms with Crippen molar-refractivity contribution in [3.63, 3.8) is 0 Å². The second-order valence-electron chi connectivity index (χ2n) is 4.34. The van der Waals surface area contributed by atoms with Crippen LogP contribution in [0.25, 0.3) is 10.8 Å². The van der Waals surface area contributed by atoms with E-state index >= 15 is 0 Å². The number of rotatable bonds is 2. The molecule has 20 heavy (non-hydrogen) atoms. The highest BCUT2D eigenvalue weighted by molar-refractivity contribution is 6.30. The van der Waals surface area contributed by atoms with Crippen molar-refractivity contribution >= 4 is 34.0 Å². The molecule has 0 bridgehead atoms. The van der Waals surface area contributed by atoms with Gasteiger partial charge >= 0.3 is 0 Å². The molecular weight excluding hydrogens is 272 g/mol. The Morgan fingerprint density at radius 1 is 1.00 bits per heavy atom. The maximum Gasteiger partial charge on any atom is 0.274 e. The molecule has 0 radical (unpaired) electrons. The third-order valence-corrected chi connectivity index (χ3v) is 3.24. The van der Waals surface area contributed by atoms with E-state index in [4.69, 9.17) is 11.6 Å². The Labute approximate surface area is 121 Å². The highest BCUT2D eigenvalue weighted by atomic mass is 35.5. The maximum atomic E-state index is 12.3. The first-order valence-electron chi connectivity index (χ1n) is 6.15. The number of nitrogens with zero attached hydrogens (tertiary/aromatic N) is 1. The number of hydrogen-bond acceptors (Lipinski definition) is 2. The Hall–Kier alpha value is -2.39. The summed E-state index contributed by atoms with van der Waals surface area (Å²) in [5, 5.41) is 5.27. The molecule has 3 aromatic rings. The smallest absolute Gasteiger partial charge is 0.274 e. The number of anilines is 1. The number of carbonyl (C=O) groups excluding carboxylic acids is 1.